The van der Waals surface area contributed by atoms with Crippen molar-refractivity contribution in [1.82, 2.24) is 0 Å². The van der Waals surface area contributed by atoms with Gasteiger partial charge in [-0.05, 0) is 6.92 Å². The normalized spacial score (nSPS) is 12.4. The van der Waals surface area contributed by atoms with Crippen LogP contribution in [0.3, 0.4) is 0 Å². The molecule has 0 bridgehead atoms. The van der Waals surface area contributed by atoms with E-state index in [9.17, 15) is 0 Å². The van der Waals surface area contributed by atoms with Crippen LogP contribution in [-0.4, -0.2) is 19.6 Å². The molecule has 0 saturated heterocycles. The maximum absolute atomic E-state index is 7.25. The fourth-order valence-electron chi connectivity index (χ4n) is 1.27. The standard InChI is InChI=1S/C11H16N2O2/c1-3-15-11(14-2)9-6-4-8(5-7-9)10(12)13/h4-7,11H,3H2,1-2H3,(H3,12,13). The minimum atomic E-state index is -0.351. The quantitative estimate of drug-likeness (QED) is 0.439. The number of nitrogen functional groups attached to an aromatic ring is 1. The number of ether oxygens (including phenoxy) is 2. The van der Waals surface area contributed by atoms with Crippen LogP contribution in [0.25, 0.3) is 0 Å². The Labute approximate surface area is 89.5 Å². The van der Waals surface area contributed by atoms with E-state index in [1.54, 1.807) is 19.2 Å². The van der Waals surface area contributed by atoms with Gasteiger partial charge in [0.05, 0.1) is 0 Å². The van der Waals surface area contributed by atoms with Crippen molar-refractivity contribution in [3.05, 3.63) is 35.4 Å². The lowest BCUT2D eigenvalue weighted by Gasteiger charge is -2.15. The summed E-state index contributed by atoms with van der Waals surface area (Å²) in [6.07, 6.45) is -0.351. The molecule has 0 heterocycles. The third-order valence-corrected chi connectivity index (χ3v) is 2.03. The minimum absolute atomic E-state index is 0.0620. The second kappa shape index (κ2) is 5.48. The van der Waals surface area contributed by atoms with Gasteiger partial charge in [-0.15, -0.1) is 0 Å². The van der Waals surface area contributed by atoms with Gasteiger partial charge >= 0.3 is 0 Å². The summed E-state index contributed by atoms with van der Waals surface area (Å²) in [7, 11) is 1.60. The first-order chi connectivity index (χ1) is 7.19. The maximum atomic E-state index is 7.25. The zero-order valence-electron chi connectivity index (χ0n) is 8.99. The van der Waals surface area contributed by atoms with Crippen LogP contribution in [0.4, 0.5) is 0 Å². The summed E-state index contributed by atoms with van der Waals surface area (Å²) >= 11 is 0. The molecule has 1 rings (SSSR count). The van der Waals surface area contributed by atoms with Crippen LogP contribution in [0, 0.1) is 5.41 Å². The number of hydrogen-bond donors (Lipinski definition) is 2. The number of nitrogens with one attached hydrogen (secondary N) is 1. The van der Waals surface area contributed by atoms with Crippen molar-refractivity contribution in [3.63, 3.8) is 0 Å². The van der Waals surface area contributed by atoms with Gasteiger partial charge < -0.3 is 15.2 Å². The third kappa shape index (κ3) is 3.04. The van der Waals surface area contributed by atoms with Crippen molar-refractivity contribution in [1.29, 1.82) is 5.41 Å². The Morgan fingerprint density at radius 3 is 2.40 bits per heavy atom. The molecule has 4 heteroatoms. The van der Waals surface area contributed by atoms with Crippen LogP contribution in [0.1, 0.15) is 24.3 Å². The van der Waals surface area contributed by atoms with Crippen molar-refractivity contribution >= 4 is 5.84 Å². The van der Waals surface area contributed by atoms with Gasteiger partial charge in [-0.1, -0.05) is 24.3 Å². The molecule has 0 fully saturated rings. The Morgan fingerprint density at radius 2 is 2.00 bits per heavy atom. The molecule has 15 heavy (non-hydrogen) atoms. The van der Waals surface area contributed by atoms with Crippen molar-refractivity contribution in [2.45, 2.75) is 13.2 Å². The highest BCUT2D eigenvalue weighted by molar-refractivity contribution is 5.94. The highest BCUT2D eigenvalue weighted by Gasteiger charge is 2.09. The van der Waals surface area contributed by atoms with Crippen LogP contribution in [0.5, 0.6) is 0 Å². The van der Waals surface area contributed by atoms with Gasteiger partial charge in [-0.25, -0.2) is 0 Å². The molecule has 1 unspecified atom stereocenters. The molecule has 0 radical (unpaired) electrons. The second-order valence-corrected chi connectivity index (χ2v) is 3.06. The molecular weight excluding hydrogens is 192 g/mol. The number of rotatable bonds is 5. The summed E-state index contributed by atoms with van der Waals surface area (Å²) < 4.78 is 10.5. The van der Waals surface area contributed by atoms with Gasteiger partial charge in [-0.3, -0.25) is 5.41 Å². The lowest BCUT2D eigenvalue weighted by Crippen LogP contribution is -2.11. The molecule has 0 aromatic heterocycles. The van der Waals surface area contributed by atoms with E-state index in [1.807, 2.05) is 19.1 Å². The van der Waals surface area contributed by atoms with Gasteiger partial charge in [0.15, 0.2) is 6.29 Å². The summed E-state index contributed by atoms with van der Waals surface area (Å²) in [5, 5.41) is 7.25. The Balaban J connectivity index is 2.81. The van der Waals surface area contributed by atoms with E-state index in [1.165, 1.54) is 0 Å². The van der Waals surface area contributed by atoms with Gasteiger partial charge in [0.1, 0.15) is 5.84 Å². The van der Waals surface area contributed by atoms with E-state index in [0.717, 1.165) is 5.56 Å². The summed E-state index contributed by atoms with van der Waals surface area (Å²) in [6, 6.07) is 7.26. The highest BCUT2D eigenvalue weighted by atomic mass is 16.7. The Kier molecular flexibility index (Phi) is 4.27. The van der Waals surface area contributed by atoms with Gasteiger partial charge in [0.2, 0.25) is 0 Å². The molecule has 1 aromatic carbocycles. The number of methoxy groups -OCH3 is 1. The molecule has 82 valence electrons. The molecule has 1 atom stereocenters. The van der Waals surface area contributed by atoms with E-state index in [2.05, 4.69) is 0 Å². The second-order valence-electron chi connectivity index (χ2n) is 3.06. The molecule has 0 spiro atoms. The zero-order chi connectivity index (χ0) is 11.3. The molecule has 1 aromatic rings. The summed E-state index contributed by atoms with van der Waals surface area (Å²) in [4.78, 5) is 0. The van der Waals surface area contributed by atoms with Gasteiger partial charge in [0.25, 0.3) is 0 Å². The first kappa shape index (κ1) is 11.7. The first-order valence-electron chi connectivity index (χ1n) is 4.77. The maximum Gasteiger partial charge on any atom is 0.183 e. The SMILES string of the molecule is CCOC(OC)c1ccc(C(=N)N)cc1. The van der Waals surface area contributed by atoms with E-state index in [4.69, 9.17) is 20.6 Å². The smallest absolute Gasteiger partial charge is 0.183 e. The van der Waals surface area contributed by atoms with Crippen molar-refractivity contribution in [2.75, 3.05) is 13.7 Å². The fraction of sp³-hybridized carbons (Fsp3) is 0.364. The number of benzene rings is 1. The molecule has 0 aliphatic rings. The highest BCUT2D eigenvalue weighted by Crippen LogP contribution is 2.18. The van der Waals surface area contributed by atoms with E-state index < -0.39 is 0 Å². The lowest BCUT2D eigenvalue weighted by molar-refractivity contribution is -0.124. The molecular formula is C11H16N2O2. The van der Waals surface area contributed by atoms with Gasteiger partial charge in [0, 0.05) is 24.8 Å². The monoisotopic (exact) mass is 208 g/mol. The fourth-order valence-corrected chi connectivity index (χ4v) is 1.27. The lowest BCUT2D eigenvalue weighted by atomic mass is 10.1. The van der Waals surface area contributed by atoms with Crippen LogP contribution >= 0.6 is 0 Å². The summed E-state index contributed by atoms with van der Waals surface area (Å²) in [6.45, 7) is 2.50. The Hall–Kier alpha value is -1.39. The van der Waals surface area contributed by atoms with E-state index in [-0.39, 0.29) is 12.1 Å². The van der Waals surface area contributed by atoms with Crippen LogP contribution < -0.4 is 5.73 Å². The molecule has 4 nitrogen and oxygen atoms in total. The van der Waals surface area contributed by atoms with E-state index in [0.29, 0.717) is 12.2 Å². The summed E-state index contributed by atoms with van der Waals surface area (Å²) in [5.41, 5.74) is 6.97. The first-order valence-corrected chi connectivity index (χ1v) is 4.77. The average Bonchev–Trinajstić information content (AvgIpc) is 2.26. The van der Waals surface area contributed by atoms with Crippen LogP contribution in [0.15, 0.2) is 24.3 Å². The molecule has 0 aliphatic heterocycles. The van der Waals surface area contributed by atoms with Gasteiger partial charge in [-0.2, -0.15) is 0 Å². The van der Waals surface area contributed by atoms with Crippen molar-refractivity contribution < 1.29 is 9.47 Å². The Bertz CT molecular complexity index is 322. The van der Waals surface area contributed by atoms with Crippen LogP contribution in [-0.2, 0) is 9.47 Å². The number of amidine groups is 1. The molecule has 0 aliphatic carbocycles. The molecule has 3 N–H and O–H groups in total. The third-order valence-electron chi connectivity index (χ3n) is 2.03. The Morgan fingerprint density at radius 1 is 1.40 bits per heavy atom. The minimum Gasteiger partial charge on any atom is -0.384 e. The van der Waals surface area contributed by atoms with Crippen molar-refractivity contribution in [3.8, 4) is 0 Å². The zero-order valence-corrected chi connectivity index (χ0v) is 8.99. The topological polar surface area (TPSA) is 68.3 Å². The largest absolute Gasteiger partial charge is 0.384 e. The number of nitrogens with two attached hydrogens (primary N) is 1. The average molecular weight is 208 g/mol. The van der Waals surface area contributed by atoms with Crippen LogP contribution in [0.2, 0.25) is 0 Å². The molecule has 0 amide bonds. The summed E-state index contributed by atoms with van der Waals surface area (Å²) in [5.74, 6) is 0.0620. The van der Waals surface area contributed by atoms with Crippen molar-refractivity contribution in [2.24, 2.45) is 5.73 Å². The number of hydrogen-bond acceptors (Lipinski definition) is 3. The predicted octanol–water partition coefficient (Wildman–Crippen LogP) is 1.65. The predicted molar refractivity (Wildman–Crippen MR) is 58.8 cm³/mol. The van der Waals surface area contributed by atoms with E-state index >= 15 is 0 Å². The molecule has 0 saturated carbocycles.